The molecule has 0 spiro atoms. The number of rotatable bonds is 3. The number of aliphatic hydroxyl groups is 1. The van der Waals surface area contributed by atoms with E-state index in [0.717, 1.165) is 22.1 Å². The minimum Gasteiger partial charge on any atom is -0.494 e. The van der Waals surface area contributed by atoms with Crippen molar-refractivity contribution in [2.45, 2.75) is 13.5 Å². The van der Waals surface area contributed by atoms with Gasteiger partial charge in [0.15, 0.2) is 0 Å². The zero-order valence-electron chi connectivity index (χ0n) is 8.73. The summed E-state index contributed by atoms with van der Waals surface area (Å²) in [5.41, 5.74) is 0.937. The van der Waals surface area contributed by atoms with Gasteiger partial charge in [0.05, 0.1) is 13.2 Å². The average molecular weight is 202 g/mol. The van der Waals surface area contributed by atoms with E-state index in [1.165, 1.54) is 0 Å². The molecule has 0 bridgehead atoms. The summed E-state index contributed by atoms with van der Waals surface area (Å²) in [6.07, 6.45) is 0. The fraction of sp³-hybridized carbons (Fsp3) is 0.231. The first-order valence-corrected chi connectivity index (χ1v) is 5.10. The van der Waals surface area contributed by atoms with Crippen LogP contribution in [0.15, 0.2) is 36.4 Å². The van der Waals surface area contributed by atoms with E-state index in [1.807, 2.05) is 43.3 Å². The maximum Gasteiger partial charge on any atom is 0.119 e. The fourth-order valence-corrected chi connectivity index (χ4v) is 1.63. The highest BCUT2D eigenvalue weighted by Gasteiger charge is 1.98. The summed E-state index contributed by atoms with van der Waals surface area (Å²) >= 11 is 0. The molecule has 2 heteroatoms. The summed E-state index contributed by atoms with van der Waals surface area (Å²) in [4.78, 5) is 0. The van der Waals surface area contributed by atoms with Crippen LogP contribution in [0.25, 0.3) is 10.8 Å². The number of hydrogen-bond donors (Lipinski definition) is 1. The van der Waals surface area contributed by atoms with Crippen molar-refractivity contribution in [2.75, 3.05) is 6.61 Å². The third-order valence-electron chi connectivity index (χ3n) is 2.37. The highest BCUT2D eigenvalue weighted by Crippen LogP contribution is 2.22. The lowest BCUT2D eigenvalue weighted by Crippen LogP contribution is -1.91. The van der Waals surface area contributed by atoms with Crippen LogP contribution in [-0.4, -0.2) is 11.7 Å². The van der Waals surface area contributed by atoms with Gasteiger partial charge in [-0.2, -0.15) is 0 Å². The molecule has 0 aliphatic heterocycles. The Morgan fingerprint density at radius 2 is 1.80 bits per heavy atom. The first kappa shape index (κ1) is 9.99. The number of benzene rings is 2. The third-order valence-corrected chi connectivity index (χ3v) is 2.37. The van der Waals surface area contributed by atoms with E-state index >= 15 is 0 Å². The molecule has 0 aliphatic carbocycles. The van der Waals surface area contributed by atoms with E-state index in [9.17, 15) is 0 Å². The van der Waals surface area contributed by atoms with Gasteiger partial charge in [-0.05, 0) is 41.5 Å². The summed E-state index contributed by atoms with van der Waals surface area (Å²) in [6, 6.07) is 11.9. The molecule has 2 aromatic rings. The normalized spacial score (nSPS) is 10.5. The van der Waals surface area contributed by atoms with E-state index in [1.54, 1.807) is 0 Å². The Bertz CT molecular complexity index is 463. The monoisotopic (exact) mass is 202 g/mol. The molecular weight excluding hydrogens is 188 g/mol. The van der Waals surface area contributed by atoms with Gasteiger partial charge in [0, 0.05) is 0 Å². The van der Waals surface area contributed by atoms with Crippen LogP contribution in [0.3, 0.4) is 0 Å². The van der Waals surface area contributed by atoms with E-state index in [4.69, 9.17) is 9.84 Å². The second-order valence-corrected chi connectivity index (χ2v) is 3.43. The zero-order valence-corrected chi connectivity index (χ0v) is 8.73. The number of hydrogen-bond acceptors (Lipinski definition) is 2. The van der Waals surface area contributed by atoms with Crippen molar-refractivity contribution in [2.24, 2.45) is 0 Å². The third kappa shape index (κ3) is 2.10. The van der Waals surface area contributed by atoms with Gasteiger partial charge in [-0.1, -0.05) is 18.2 Å². The average Bonchev–Trinajstić information content (AvgIpc) is 2.29. The van der Waals surface area contributed by atoms with Gasteiger partial charge < -0.3 is 9.84 Å². The van der Waals surface area contributed by atoms with Gasteiger partial charge in [-0.3, -0.25) is 0 Å². The van der Waals surface area contributed by atoms with Gasteiger partial charge in [0.2, 0.25) is 0 Å². The maximum absolute atomic E-state index is 9.01. The first-order chi connectivity index (χ1) is 7.33. The fourth-order valence-electron chi connectivity index (χ4n) is 1.63. The molecule has 0 aliphatic rings. The molecule has 0 unspecified atom stereocenters. The van der Waals surface area contributed by atoms with E-state index in [-0.39, 0.29) is 6.61 Å². The molecule has 0 saturated heterocycles. The van der Waals surface area contributed by atoms with E-state index in [0.29, 0.717) is 6.61 Å². The maximum atomic E-state index is 9.01. The van der Waals surface area contributed by atoms with E-state index < -0.39 is 0 Å². The van der Waals surface area contributed by atoms with Crippen LogP contribution < -0.4 is 4.74 Å². The summed E-state index contributed by atoms with van der Waals surface area (Å²) < 4.78 is 5.42. The predicted octanol–water partition coefficient (Wildman–Crippen LogP) is 2.73. The van der Waals surface area contributed by atoms with Crippen molar-refractivity contribution in [1.29, 1.82) is 0 Å². The van der Waals surface area contributed by atoms with Crippen molar-refractivity contribution < 1.29 is 9.84 Å². The lowest BCUT2D eigenvalue weighted by atomic mass is 10.1. The summed E-state index contributed by atoms with van der Waals surface area (Å²) in [6.45, 7) is 2.74. The molecule has 2 nitrogen and oxygen atoms in total. The van der Waals surface area contributed by atoms with E-state index in [2.05, 4.69) is 0 Å². The van der Waals surface area contributed by atoms with Gasteiger partial charge in [0.25, 0.3) is 0 Å². The lowest BCUT2D eigenvalue weighted by molar-refractivity contribution is 0.282. The molecule has 0 heterocycles. The second-order valence-electron chi connectivity index (χ2n) is 3.43. The summed E-state index contributed by atoms with van der Waals surface area (Å²) in [7, 11) is 0. The predicted molar refractivity (Wildman–Crippen MR) is 61.0 cm³/mol. The Morgan fingerprint density at radius 3 is 2.53 bits per heavy atom. The molecule has 0 aromatic heterocycles. The number of aliphatic hydroxyl groups excluding tert-OH is 1. The Kier molecular flexibility index (Phi) is 2.88. The van der Waals surface area contributed by atoms with Crippen molar-refractivity contribution in [3.8, 4) is 5.75 Å². The smallest absolute Gasteiger partial charge is 0.119 e. The molecule has 15 heavy (non-hydrogen) atoms. The van der Waals surface area contributed by atoms with Crippen LogP contribution >= 0.6 is 0 Å². The van der Waals surface area contributed by atoms with Crippen LogP contribution in [0.2, 0.25) is 0 Å². The van der Waals surface area contributed by atoms with Crippen molar-refractivity contribution >= 4 is 10.8 Å². The molecule has 0 amide bonds. The van der Waals surface area contributed by atoms with Gasteiger partial charge >= 0.3 is 0 Å². The molecule has 1 N–H and O–H groups in total. The molecular formula is C13H14O2. The highest BCUT2D eigenvalue weighted by atomic mass is 16.5. The summed E-state index contributed by atoms with van der Waals surface area (Å²) in [5.74, 6) is 0.891. The molecule has 0 fully saturated rings. The molecule has 2 rings (SSSR count). The number of fused-ring (bicyclic) bond motifs is 1. The Balaban J connectivity index is 2.45. The Hall–Kier alpha value is -1.54. The largest absolute Gasteiger partial charge is 0.494 e. The van der Waals surface area contributed by atoms with Crippen LogP contribution in [0.4, 0.5) is 0 Å². The minimum atomic E-state index is 0.0865. The van der Waals surface area contributed by atoms with Crippen LogP contribution in [0.5, 0.6) is 5.75 Å². The van der Waals surface area contributed by atoms with Gasteiger partial charge in [0.1, 0.15) is 5.75 Å². The SMILES string of the molecule is CCOc1ccc2cc(CO)ccc2c1. The zero-order chi connectivity index (χ0) is 10.7. The second kappa shape index (κ2) is 4.32. The standard InChI is InChI=1S/C13H14O2/c1-2-15-13-6-5-11-7-10(9-14)3-4-12(11)8-13/h3-8,14H,2,9H2,1H3. The highest BCUT2D eigenvalue weighted by molar-refractivity contribution is 5.84. The number of ether oxygens (including phenoxy) is 1. The topological polar surface area (TPSA) is 29.5 Å². The lowest BCUT2D eigenvalue weighted by Gasteiger charge is -2.05. The van der Waals surface area contributed by atoms with Crippen molar-refractivity contribution in [3.63, 3.8) is 0 Å². The molecule has 2 aromatic carbocycles. The molecule has 0 saturated carbocycles. The van der Waals surface area contributed by atoms with Crippen molar-refractivity contribution in [1.82, 2.24) is 0 Å². The van der Waals surface area contributed by atoms with Crippen LogP contribution in [0, 0.1) is 0 Å². The van der Waals surface area contributed by atoms with Gasteiger partial charge in [-0.25, -0.2) is 0 Å². The van der Waals surface area contributed by atoms with Gasteiger partial charge in [-0.15, -0.1) is 0 Å². The molecule has 0 atom stereocenters. The minimum absolute atomic E-state index is 0.0865. The summed E-state index contributed by atoms with van der Waals surface area (Å²) in [5, 5.41) is 11.3. The first-order valence-electron chi connectivity index (χ1n) is 5.10. The molecule has 78 valence electrons. The Morgan fingerprint density at radius 1 is 1.07 bits per heavy atom. The Labute approximate surface area is 89.1 Å². The van der Waals surface area contributed by atoms with Crippen LogP contribution in [-0.2, 0) is 6.61 Å². The quantitative estimate of drug-likeness (QED) is 0.829. The molecule has 0 radical (unpaired) electrons. The van der Waals surface area contributed by atoms with Crippen LogP contribution in [0.1, 0.15) is 12.5 Å². The van der Waals surface area contributed by atoms with Crippen molar-refractivity contribution in [3.05, 3.63) is 42.0 Å².